The first-order valence-electron chi connectivity index (χ1n) is 14.3. The number of benzene rings is 7. The van der Waals surface area contributed by atoms with Gasteiger partial charge in [0, 0.05) is 22.1 Å². The predicted octanol–water partition coefficient (Wildman–Crippen LogP) is 11.5. The first-order valence-corrected chi connectivity index (χ1v) is 14.3. The number of furan rings is 1. The summed E-state index contributed by atoms with van der Waals surface area (Å²) in [5.41, 5.74) is 11.1. The van der Waals surface area contributed by atoms with E-state index in [0.717, 1.165) is 38.9 Å². The summed E-state index contributed by atoms with van der Waals surface area (Å²) >= 11 is 0. The highest BCUT2D eigenvalue weighted by Gasteiger charge is 2.15. The van der Waals surface area contributed by atoms with Crippen LogP contribution in [0.5, 0.6) is 0 Å². The molecular formula is C40H27NO. The Morgan fingerprint density at radius 1 is 0.381 bits per heavy atom. The van der Waals surface area contributed by atoms with Crippen molar-refractivity contribution in [2.45, 2.75) is 0 Å². The van der Waals surface area contributed by atoms with Gasteiger partial charge in [-0.2, -0.15) is 0 Å². The first-order chi connectivity index (χ1) is 20.8. The van der Waals surface area contributed by atoms with Gasteiger partial charge in [0.2, 0.25) is 0 Å². The van der Waals surface area contributed by atoms with Gasteiger partial charge >= 0.3 is 0 Å². The van der Waals surface area contributed by atoms with Crippen LogP contribution >= 0.6 is 0 Å². The van der Waals surface area contributed by atoms with Crippen molar-refractivity contribution in [1.82, 2.24) is 0 Å². The third kappa shape index (κ3) is 4.31. The zero-order valence-corrected chi connectivity index (χ0v) is 22.9. The minimum atomic E-state index is 0.908. The lowest BCUT2D eigenvalue weighted by molar-refractivity contribution is 0.669. The zero-order chi connectivity index (χ0) is 27.9. The molecule has 1 heterocycles. The fourth-order valence-electron chi connectivity index (χ4n) is 5.98. The minimum absolute atomic E-state index is 0.908. The highest BCUT2D eigenvalue weighted by atomic mass is 16.3. The standard InChI is InChI=1S/C40H27NO/c1-2-8-27(9-3-1)28-14-20-32(21-15-28)41-33-22-16-30(17-23-33)35-24-18-29-10-4-5-11-34(29)40(35)31-19-25-37-36-12-6-7-13-38(36)42-39(37)26-31/h1-26,41H. The molecule has 0 fully saturated rings. The molecule has 8 aromatic rings. The molecule has 0 amide bonds. The molecule has 0 spiro atoms. The maximum absolute atomic E-state index is 6.27. The van der Waals surface area contributed by atoms with Gasteiger partial charge in [0.15, 0.2) is 0 Å². The Morgan fingerprint density at radius 3 is 1.76 bits per heavy atom. The molecule has 0 bridgehead atoms. The Kier molecular flexibility index (Phi) is 5.82. The summed E-state index contributed by atoms with van der Waals surface area (Å²) in [6, 6.07) is 55.7. The number of hydrogen-bond donors (Lipinski definition) is 1. The number of nitrogens with one attached hydrogen (secondary N) is 1. The molecule has 0 saturated carbocycles. The SMILES string of the molecule is c1ccc(-c2ccc(Nc3ccc(-c4ccc5ccccc5c4-c4ccc5c(c4)oc4ccccc45)cc3)cc2)cc1. The molecule has 0 unspecified atom stereocenters. The van der Waals surface area contributed by atoms with Crippen LogP contribution in [0.2, 0.25) is 0 Å². The Bertz CT molecular complexity index is 2190. The second-order valence-electron chi connectivity index (χ2n) is 10.7. The van der Waals surface area contributed by atoms with E-state index in [0.29, 0.717) is 0 Å². The normalized spacial score (nSPS) is 11.3. The molecule has 1 N–H and O–H groups in total. The third-order valence-corrected chi connectivity index (χ3v) is 8.07. The fraction of sp³-hybridized carbons (Fsp3) is 0. The highest BCUT2D eigenvalue weighted by molar-refractivity contribution is 6.09. The molecule has 2 nitrogen and oxygen atoms in total. The fourth-order valence-corrected chi connectivity index (χ4v) is 5.98. The Morgan fingerprint density at radius 2 is 0.976 bits per heavy atom. The maximum Gasteiger partial charge on any atom is 0.136 e. The quantitative estimate of drug-likeness (QED) is 0.236. The molecule has 8 rings (SSSR count). The molecule has 2 heteroatoms. The van der Waals surface area contributed by atoms with Gasteiger partial charge in [-0.25, -0.2) is 0 Å². The van der Waals surface area contributed by atoms with Crippen molar-refractivity contribution >= 4 is 44.1 Å². The van der Waals surface area contributed by atoms with Crippen LogP contribution in [0.15, 0.2) is 162 Å². The average Bonchev–Trinajstić information content (AvgIpc) is 3.43. The van der Waals surface area contributed by atoms with Crippen LogP contribution in [0.4, 0.5) is 11.4 Å². The number of fused-ring (bicyclic) bond motifs is 4. The van der Waals surface area contributed by atoms with Crippen LogP contribution < -0.4 is 5.32 Å². The van der Waals surface area contributed by atoms with Gasteiger partial charge in [-0.3, -0.25) is 0 Å². The van der Waals surface area contributed by atoms with Gasteiger partial charge in [-0.05, 0) is 86.6 Å². The Labute approximate surface area is 244 Å². The smallest absolute Gasteiger partial charge is 0.136 e. The molecule has 7 aromatic carbocycles. The van der Waals surface area contributed by atoms with E-state index in [2.05, 4.69) is 145 Å². The maximum atomic E-state index is 6.27. The topological polar surface area (TPSA) is 25.2 Å². The van der Waals surface area contributed by atoms with Crippen molar-refractivity contribution in [2.24, 2.45) is 0 Å². The van der Waals surface area contributed by atoms with Crippen molar-refractivity contribution < 1.29 is 4.42 Å². The van der Waals surface area contributed by atoms with Crippen molar-refractivity contribution in [1.29, 1.82) is 0 Å². The van der Waals surface area contributed by atoms with Crippen molar-refractivity contribution in [2.75, 3.05) is 5.32 Å². The number of anilines is 2. The van der Waals surface area contributed by atoms with Crippen LogP contribution in [-0.2, 0) is 0 Å². The summed E-state index contributed by atoms with van der Waals surface area (Å²) < 4.78 is 6.27. The summed E-state index contributed by atoms with van der Waals surface area (Å²) in [5, 5.41) is 8.30. The van der Waals surface area contributed by atoms with Gasteiger partial charge in [0.1, 0.15) is 11.2 Å². The number of rotatable bonds is 5. The number of hydrogen-bond acceptors (Lipinski definition) is 2. The minimum Gasteiger partial charge on any atom is -0.456 e. The second kappa shape index (κ2) is 10.1. The Balaban J connectivity index is 1.16. The Hall–Kier alpha value is -5.60. The average molecular weight is 538 g/mol. The van der Waals surface area contributed by atoms with E-state index in [1.807, 2.05) is 18.2 Å². The van der Waals surface area contributed by atoms with E-state index in [1.165, 1.54) is 38.6 Å². The molecule has 0 atom stereocenters. The van der Waals surface area contributed by atoms with E-state index in [4.69, 9.17) is 4.42 Å². The monoisotopic (exact) mass is 537 g/mol. The number of para-hydroxylation sites is 1. The summed E-state index contributed by atoms with van der Waals surface area (Å²) in [7, 11) is 0. The molecule has 0 saturated heterocycles. The third-order valence-electron chi connectivity index (χ3n) is 8.07. The summed E-state index contributed by atoms with van der Waals surface area (Å²) in [5.74, 6) is 0. The van der Waals surface area contributed by atoms with Gasteiger partial charge in [0.25, 0.3) is 0 Å². The van der Waals surface area contributed by atoms with Gasteiger partial charge in [-0.15, -0.1) is 0 Å². The van der Waals surface area contributed by atoms with Crippen LogP contribution in [0, 0.1) is 0 Å². The van der Waals surface area contributed by atoms with E-state index >= 15 is 0 Å². The van der Waals surface area contributed by atoms with Crippen LogP contribution in [0.3, 0.4) is 0 Å². The molecule has 198 valence electrons. The van der Waals surface area contributed by atoms with Crippen molar-refractivity contribution in [3.63, 3.8) is 0 Å². The van der Waals surface area contributed by atoms with E-state index in [9.17, 15) is 0 Å². The first kappa shape index (κ1) is 24.2. The van der Waals surface area contributed by atoms with Crippen molar-refractivity contribution in [3.05, 3.63) is 158 Å². The summed E-state index contributed by atoms with van der Waals surface area (Å²) in [4.78, 5) is 0. The largest absolute Gasteiger partial charge is 0.456 e. The summed E-state index contributed by atoms with van der Waals surface area (Å²) in [6.07, 6.45) is 0. The molecular weight excluding hydrogens is 510 g/mol. The lowest BCUT2D eigenvalue weighted by atomic mass is 9.89. The van der Waals surface area contributed by atoms with Crippen LogP contribution in [0.25, 0.3) is 66.1 Å². The molecule has 42 heavy (non-hydrogen) atoms. The van der Waals surface area contributed by atoms with Crippen LogP contribution in [0.1, 0.15) is 0 Å². The van der Waals surface area contributed by atoms with Crippen LogP contribution in [-0.4, -0.2) is 0 Å². The predicted molar refractivity (Wildman–Crippen MR) is 177 cm³/mol. The van der Waals surface area contributed by atoms with Crippen molar-refractivity contribution in [3.8, 4) is 33.4 Å². The van der Waals surface area contributed by atoms with E-state index in [1.54, 1.807) is 0 Å². The lowest BCUT2D eigenvalue weighted by Gasteiger charge is -2.15. The van der Waals surface area contributed by atoms with Gasteiger partial charge in [0.05, 0.1) is 0 Å². The van der Waals surface area contributed by atoms with E-state index in [-0.39, 0.29) is 0 Å². The highest BCUT2D eigenvalue weighted by Crippen LogP contribution is 2.41. The van der Waals surface area contributed by atoms with Gasteiger partial charge in [-0.1, -0.05) is 115 Å². The molecule has 1 aromatic heterocycles. The van der Waals surface area contributed by atoms with E-state index < -0.39 is 0 Å². The zero-order valence-electron chi connectivity index (χ0n) is 22.9. The molecule has 0 aliphatic carbocycles. The molecule has 0 aliphatic rings. The molecule has 0 radical (unpaired) electrons. The summed E-state index contributed by atoms with van der Waals surface area (Å²) in [6.45, 7) is 0. The lowest BCUT2D eigenvalue weighted by Crippen LogP contribution is -1.91. The molecule has 0 aliphatic heterocycles. The van der Waals surface area contributed by atoms with Gasteiger partial charge < -0.3 is 9.73 Å². The second-order valence-corrected chi connectivity index (χ2v) is 10.7.